The van der Waals surface area contributed by atoms with Gasteiger partial charge in [-0.15, -0.1) is 12.4 Å². The number of carbonyl (C=O) groups excluding carboxylic acids is 1. The van der Waals surface area contributed by atoms with E-state index in [0.29, 0.717) is 23.4 Å². The molecule has 2 aromatic carbocycles. The normalized spacial score (nSPS) is 13.0. The van der Waals surface area contributed by atoms with Gasteiger partial charge in [0, 0.05) is 45.7 Å². The molecule has 1 aromatic heterocycles. The van der Waals surface area contributed by atoms with Gasteiger partial charge >= 0.3 is 6.18 Å². The van der Waals surface area contributed by atoms with Crippen molar-refractivity contribution in [3.05, 3.63) is 92.2 Å². The van der Waals surface area contributed by atoms with Crippen molar-refractivity contribution in [3.63, 3.8) is 0 Å². The molecule has 0 atom stereocenters. The van der Waals surface area contributed by atoms with Crippen molar-refractivity contribution in [2.75, 3.05) is 31.0 Å². The van der Waals surface area contributed by atoms with Crippen LogP contribution in [-0.4, -0.2) is 41.1 Å². The Morgan fingerprint density at radius 1 is 1.08 bits per heavy atom. The molecule has 0 saturated carbocycles. The molecule has 38 heavy (non-hydrogen) atoms. The van der Waals surface area contributed by atoms with Gasteiger partial charge in [0.15, 0.2) is 0 Å². The molecule has 1 aliphatic rings. The van der Waals surface area contributed by atoms with Crippen molar-refractivity contribution >= 4 is 24.3 Å². The smallest absolute Gasteiger partial charge is 0.350 e. The third kappa shape index (κ3) is 5.72. The minimum Gasteiger partial charge on any atom is -0.350 e. The van der Waals surface area contributed by atoms with E-state index < -0.39 is 46.2 Å². The van der Waals surface area contributed by atoms with E-state index in [4.69, 9.17) is 0 Å². The molecule has 1 aliphatic heterocycles. The van der Waals surface area contributed by atoms with E-state index in [1.54, 1.807) is 14.1 Å². The highest BCUT2D eigenvalue weighted by atomic mass is 35.5. The first-order valence-electron chi connectivity index (χ1n) is 11.0. The fourth-order valence-corrected chi connectivity index (χ4v) is 4.02. The summed E-state index contributed by atoms with van der Waals surface area (Å²) in [4.78, 5) is 31.7. The minimum atomic E-state index is -4.46. The van der Waals surface area contributed by atoms with Gasteiger partial charge in [-0.2, -0.15) is 17.8 Å². The topological polar surface area (TPSA) is 70.5 Å². The SMILES string of the molecule is CN(C)n1c(NCc2ccc(C(F)(F)F)cc2)nc2c(c1=O)CN(C(=O)c1c(F)cc(F)cc1F)CC2.Cl. The number of benzene rings is 2. The van der Waals surface area contributed by atoms with E-state index in [1.807, 2.05) is 0 Å². The van der Waals surface area contributed by atoms with Gasteiger partial charge in [0.25, 0.3) is 11.5 Å². The summed E-state index contributed by atoms with van der Waals surface area (Å²) in [5.74, 6) is -4.75. The average Bonchev–Trinajstić information content (AvgIpc) is 2.81. The largest absolute Gasteiger partial charge is 0.416 e. The maximum Gasteiger partial charge on any atom is 0.416 e. The van der Waals surface area contributed by atoms with Crippen LogP contribution in [0.5, 0.6) is 0 Å². The number of fused-ring (bicyclic) bond motifs is 1. The predicted octanol–water partition coefficient (Wildman–Crippen LogP) is 4.11. The van der Waals surface area contributed by atoms with Crippen molar-refractivity contribution in [1.29, 1.82) is 0 Å². The van der Waals surface area contributed by atoms with E-state index in [9.17, 15) is 35.9 Å². The third-order valence-electron chi connectivity index (χ3n) is 5.85. The van der Waals surface area contributed by atoms with E-state index in [-0.39, 0.29) is 50.0 Å². The van der Waals surface area contributed by atoms with Crippen LogP contribution in [-0.2, 0) is 25.7 Å². The van der Waals surface area contributed by atoms with Gasteiger partial charge in [-0.05, 0) is 17.7 Å². The lowest BCUT2D eigenvalue weighted by atomic mass is 10.0. The Bertz CT molecular complexity index is 1390. The van der Waals surface area contributed by atoms with Gasteiger partial charge in [-0.1, -0.05) is 12.1 Å². The summed E-state index contributed by atoms with van der Waals surface area (Å²) in [7, 11) is 3.13. The second-order valence-corrected chi connectivity index (χ2v) is 8.59. The maximum absolute atomic E-state index is 14.1. The molecule has 0 bridgehead atoms. The number of nitrogens with zero attached hydrogens (tertiary/aromatic N) is 4. The molecule has 1 N–H and O–H groups in total. The highest BCUT2D eigenvalue weighted by Crippen LogP contribution is 2.29. The summed E-state index contributed by atoms with van der Waals surface area (Å²) < 4.78 is 81.1. The molecule has 0 unspecified atom stereocenters. The summed E-state index contributed by atoms with van der Waals surface area (Å²) in [6.45, 7) is -0.201. The number of halogens is 7. The summed E-state index contributed by atoms with van der Waals surface area (Å²) in [6.07, 6.45) is -4.36. The van der Waals surface area contributed by atoms with Crippen LogP contribution in [0.2, 0.25) is 0 Å². The molecule has 14 heteroatoms. The summed E-state index contributed by atoms with van der Waals surface area (Å²) in [5, 5.41) is 4.38. The number of alkyl halides is 3. The number of hydrogen-bond donors (Lipinski definition) is 1. The van der Waals surface area contributed by atoms with E-state index in [0.717, 1.165) is 17.0 Å². The number of rotatable bonds is 5. The van der Waals surface area contributed by atoms with E-state index in [1.165, 1.54) is 21.8 Å². The van der Waals surface area contributed by atoms with Crippen LogP contribution in [0.3, 0.4) is 0 Å². The lowest BCUT2D eigenvalue weighted by molar-refractivity contribution is -0.137. The first-order valence-corrected chi connectivity index (χ1v) is 11.0. The number of carbonyl (C=O) groups is 1. The second kappa shape index (κ2) is 10.9. The van der Waals surface area contributed by atoms with Crippen molar-refractivity contribution in [1.82, 2.24) is 14.6 Å². The zero-order chi connectivity index (χ0) is 27.1. The molecule has 0 spiro atoms. The highest BCUT2D eigenvalue weighted by Gasteiger charge is 2.31. The number of hydrogen-bond acceptors (Lipinski definition) is 5. The Labute approximate surface area is 219 Å². The molecule has 3 aromatic rings. The van der Waals surface area contributed by atoms with Crippen LogP contribution < -0.4 is 15.9 Å². The van der Waals surface area contributed by atoms with Gasteiger partial charge in [0.1, 0.15) is 23.0 Å². The molecule has 0 radical (unpaired) electrons. The van der Waals surface area contributed by atoms with Crippen LogP contribution in [0.4, 0.5) is 32.3 Å². The van der Waals surface area contributed by atoms with E-state index in [2.05, 4.69) is 10.3 Å². The third-order valence-corrected chi connectivity index (χ3v) is 5.85. The van der Waals surface area contributed by atoms with Crippen molar-refractivity contribution in [3.8, 4) is 0 Å². The number of aromatic nitrogens is 2. The highest BCUT2D eigenvalue weighted by molar-refractivity contribution is 5.95. The fourth-order valence-electron chi connectivity index (χ4n) is 4.02. The van der Waals surface area contributed by atoms with Gasteiger partial charge in [-0.3, -0.25) is 9.59 Å². The maximum atomic E-state index is 14.1. The van der Waals surface area contributed by atoms with Gasteiger partial charge < -0.3 is 15.2 Å². The van der Waals surface area contributed by atoms with Crippen LogP contribution in [0.1, 0.15) is 32.7 Å². The molecule has 1 amide bonds. The average molecular weight is 562 g/mol. The Kier molecular flexibility index (Phi) is 8.30. The lowest BCUT2D eigenvalue weighted by Crippen LogP contribution is -2.45. The Morgan fingerprint density at radius 3 is 2.24 bits per heavy atom. The van der Waals surface area contributed by atoms with Crippen LogP contribution >= 0.6 is 12.4 Å². The Morgan fingerprint density at radius 2 is 1.68 bits per heavy atom. The van der Waals surface area contributed by atoms with Gasteiger partial charge in [0.2, 0.25) is 5.95 Å². The molecule has 4 rings (SSSR count). The summed E-state index contributed by atoms with van der Waals surface area (Å²) >= 11 is 0. The minimum absolute atomic E-state index is 0. The lowest BCUT2D eigenvalue weighted by Gasteiger charge is -2.30. The number of anilines is 1. The fraction of sp³-hybridized carbons (Fsp3) is 0.292. The zero-order valence-corrected chi connectivity index (χ0v) is 20.9. The molecule has 7 nitrogen and oxygen atoms in total. The summed E-state index contributed by atoms with van der Waals surface area (Å²) in [6, 6.07) is 5.34. The standard InChI is InChI=1S/C24H21F6N5O2.ClH/c1-33(2)35-21(36)16-12-34(22(37)20-17(26)9-15(25)10-18(20)27)8-7-19(16)32-23(35)31-11-13-3-5-14(6-4-13)24(28,29)30;/h3-6,9-10H,7-8,11-12H2,1-2H3,(H,31,32);1H. The molecule has 0 fully saturated rings. The molecular weight excluding hydrogens is 540 g/mol. The first kappa shape index (κ1) is 28.8. The van der Waals surface area contributed by atoms with E-state index >= 15 is 0 Å². The molecule has 0 aliphatic carbocycles. The number of nitrogens with one attached hydrogen (secondary N) is 1. The van der Waals surface area contributed by atoms with Crippen molar-refractivity contribution in [2.45, 2.75) is 25.7 Å². The van der Waals surface area contributed by atoms with Crippen molar-refractivity contribution < 1.29 is 31.1 Å². The van der Waals surface area contributed by atoms with Crippen LogP contribution in [0.25, 0.3) is 0 Å². The van der Waals surface area contributed by atoms with Crippen molar-refractivity contribution in [2.24, 2.45) is 0 Å². The van der Waals surface area contributed by atoms with Gasteiger partial charge in [0.05, 0.1) is 23.4 Å². The first-order chi connectivity index (χ1) is 17.4. The molecular formula is C24H22ClF6N5O2. The predicted molar refractivity (Wildman–Crippen MR) is 129 cm³/mol. The van der Waals surface area contributed by atoms with Gasteiger partial charge in [-0.25, -0.2) is 18.2 Å². The Balaban J connectivity index is 0.00000400. The molecule has 0 saturated heterocycles. The van der Waals surface area contributed by atoms with Crippen LogP contribution in [0.15, 0.2) is 41.2 Å². The monoisotopic (exact) mass is 561 g/mol. The molecule has 204 valence electrons. The zero-order valence-electron chi connectivity index (χ0n) is 20.1. The van der Waals surface area contributed by atoms with Crippen LogP contribution in [0, 0.1) is 17.5 Å². The second-order valence-electron chi connectivity index (χ2n) is 8.59. The Hall–Kier alpha value is -3.74. The summed E-state index contributed by atoms with van der Waals surface area (Å²) in [5.41, 5.74) is -1.22. The number of amides is 1. The molecule has 2 heterocycles. The quantitative estimate of drug-likeness (QED) is 0.475.